The largest absolute Gasteiger partial charge is 0.481 e. The van der Waals surface area contributed by atoms with Crippen LogP contribution in [0, 0.1) is 0 Å². The van der Waals surface area contributed by atoms with Crippen molar-refractivity contribution in [2.75, 3.05) is 23.9 Å². The fourth-order valence-electron chi connectivity index (χ4n) is 1.08. The van der Waals surface area contributed by atoms with E-state index in [2.05, 4.69) is 10.3 Å². The molecule has 0 atom stereocenters. The molecule has 0 spiro atoms. The Morgan fingerprint density at radius 1 is 1.42 bits per heavy atom. The van der Waals surface area contributed by atoms with Crippen molar-refractivity contribution in [3.8, 4) is 5.88 Å². The summed E-state index contributed by atoms with van der Waals surface area (Å²) in [4.78, 5) is 25.8. The molecule has 0 radical (unpaired) electrons. The van der Waals surface area contributed by atoms with Crippen LogP contribution in [-0.2, 0) is 9.59 Å². The highest BCUT2D eigenvalue weighted by Crippen LogP contribution is 2.30. The van der Waals surface area contributed by atoms with Crippen LogP contribution in [0.2, 0.25) is 10.0 Å². The summed E-state index contributed by atoms with van der Waals surface area (Å²) in [5.74, 6) is -1.32. The molecule has 0 saturated heterocycles. The molecule has 0 aliphatic heterocycles. The molecule has 0 aliphatic carbocycles. The summed E-state index contributed by atoms with van der Waals surface area (Å²) in [6, 6.07) is 1.40. The number of pyridine rings is 1. The molecule has 1 rings (SSSR count). The molecular formula is C10H10Cl2N2O4S. The molecule has 1 aromatic rings. The molecule has 1 amide bonds. The van der Waals surface area contributed by atoms with Crippen molar-refractivity contribution in [2.45, 2.75) is 0 Å². The van der Waals surface area contributed by atoms with E-state index in [1.54, 1.807) is 0 Å². The van der Waals surface area contributed by atoms with E-state index in [0.29, 0.717) is 0 Å². The first-order valence-electron chi connectivity index (χ1n) is 4.93. The molecular weight excluding hydrogens is 315 g/mol. The second-order valence-electron chi connectivity index (χ2n) is 3.24. The number of anilines is 1. The van der Waals surface area contributed by atoms with Crippen molar-refractivity contribution < 1.29 is 19.4 Å². The van der Waals surface area contributed by atoms with E-state index in [-0.39, 0.29) is 33.2 Å². The predicted octanol–water partition coefficient (Wildman–Crippen LogP) is 2.15. The number of nitrogens with one attached hydrogen (secondary N) is 1. The number of carboxylic acid groups (broad SMARTS) is 1. The zero-order valence-electron chi connectivity index (χ0n) is 9.77. The Morgan fingerprint density at radius 2 is 2.11 bits per heavy atom. The molecule has 0 bridgehead atoms. The van der Waals surface area contributed by atoms with E-state index in [1.165, 1.54) is 13.2 Å². The maximum absolute atomic E-state index is 11.5. The monoisotopic (exact) mass is 324 g/mol. The highest BCUT2D eigenvalue weighted by atomic mass is 35.5. The van der Waals surface area contributed by atoms with Gasteiger partial charge in [-0.1, -0.05) is 23.2 Å². The van der Waals surface area contributed by atoms with E-state index in [4.69, 9.17) is 33.0 Å². The Hall–Kier alpha value is -1.18. The Bertz CT molecular complexity index is 499. The summed E-state index contributed by atoms with van der Waals surface area (Å²) in [6.45, 7) is 0. The topological polar surface area (TPSA) is 88.5 Å². The van der Waals surface area contributed by atoms with Crippen LogP contribution in [-0.4, -0.2) is 40.6 Å². The van der Waals surface area contributed by atoms with Gasteiger partial charge >= 0.3 is 5.97 Å². The van der Waals surface area contributed by atoms with Crippen LogP contribution in [0.25, 0.3) is 0 Å². The minimum atomic E-state index is -0.984. The van der Waals surface area contributed by atoms with Gasteiger partial charge < -0.3 is 15.2 Å². The molecule has 1 aromatic heterocycles. The molecule has 6 nitrogen and oxygen atoms in total. The molecule has 0 aliphatic rings. The number of aliphatic carboxylic acids is 1. The molecule has 2 N–H and O–H groups in total. The number of rotatable bonds is 6. The molecule has 9 heteroatoms. The third-order valence-corrected chi connectivity index (χ3v) is 3.28. The molecule has 1 heterocycles. The van der Waals surface area contributed by atoms with E-state index in [9.17, 15) is 9.59 Å². The second-order valence-corrected chi connectivity index (χ2v) is 5.04. The van der Waals surface area contributed by atoms with Crippen LogP contribution >= 0.6 is 35.0 Å². The van der Waals surface area contributed by atoms with Gasteiger partial charge in [-0.25, -0.2) is 0 Å². The van der Waals surface area contributed by atoms with Crippen molar-refractivity contribution in [1.82, 2.24) is 4.98 Å². The number of aromatic nitrogens is 1. The number of ether oxygens (including phenoxy) is 1. The summed E-state index contributed by atoms with van der Waals surface area (Å²) in [5.41, 5.74) is 0. The minimum Gasteiger partial charge on any atom is -0.481 e. The highest BCUT2D eigenvalue weighted by Gasteiger charge is 2.12. The lowest BCUT2D eigenvalue weighted by Gasteiger charge is -2.09. The molecule has 104 valence electrons. The summed E-state index contributed by atoms with van der Waals surface area (Å²) in [6.07, 6.45) is 0. The van der Waals surface area contributed by atoms with Crippen LogP contribution in [0.1, 0.15) is 0 Å². The summed E-state index contributed by atoms with van der Waals surface area (Å²) >= 11 is 12.6. The number of nitrogens with zero attached hydrogens (tertiary/aromatic N) is 1. The first-order chi connectivity index (χ1) is 8.93. The maximum atomic E-state index is 11.5. The Balaban J connectivity index is 2.66. The number of methoxy groups -OCH3 is 1. The van der Waals surface area contributed by atoms with Crippen LogP contribution in [0.5, 0.6) is 5.88 Å². The quantitative estimate of drug-likeness (QED) is 0.833. The third-order valence-electron chi connectivity index (χ3n) is 1.81. The minimum absolute atomic E-state index is 0.0186. The summed E-state index contributed by atoms with van der Waals surface area (Å²) < 4.78 is 4.90. The standard InChI is InChI=1S/C10H10Cl2N2O4S/c1-18-10-6(12)2-5(11)9(14-10)13-7(15)3-19-4-8(16)17/h2H,3-4H2,1H3,(H,16,17)(H,13,14,15). The summed E-state index contributed by atoms with van der Waals surface area (Å²) in [5, 5.41) is 11.3. The summed E-state index contributed by atoms with van der Waals surface area (Å²) in [7, 11) is 1.39. The van der Waals surface area contributed by atoms with Gasteiger partial charge in [0, 0.05) is 0 Å². The third kappa shape index (κ3) is 5.14. The molecule has 0 saturated carbocycles. The first-order valence-corrected chi connectivity index (χ1v) is 6.84. The van der Waals surface area contributed by atoms with Gasteiger partial charge in [0.25, 0.3) is 0 Å². The number of carbonyl (C=O) groups excluding carboxylic acids is 1. The zero-order valence-corrected chi connectivity index (χ0v) is 12.1. The van der Waals surface area contributed by atoms with E-state index >= 15 is 0 Å². The maximum Gasteiger partial charge on any atom is 0.313 e. The van der Waals surface area contributed by atoms with Gasteiger partial charge in [0.05, 0.1) is 23.6 Å². The van der Waals surface area contributed by atoms with E-state index in [1.807, 2.05) is 0 Å². The fraction of sp³-hybridized carbons (Fsp3) is 0.300. The van der Waals surface area contributed by atoms with E-state index in [0.717, 1.165) is 11.8 Å². The van der Waals surface area contributed by atoms with Crippen molar-refractivity contribution in [3.05, 3.63) is 16.1 Å². The molecule has 0 aromatic carbocycles. The lowest BCUT2D eigenvalue weighted by Crippen LogP contribution is -2.16. The Kier molecular flexibility index (Phi) is 6.20. The SMILES string of the molecule is COc1nc(NC(=O)CSCC(=O)O)c(Cl)cc1Cl. The van der Waals surface area contributed by atoms with Crippen molar-refractivity contribution in [2.24, 2.45) is 0 Å². The van der Waals surface area contributed by atoms with Crippen LogP contribution < -0.4 is 10.1 Å². The van der Waals surface area contributed by atoms with Gasteiger partial charge in [-0.2, -0.15) is 4.98 Å². The Morgan fingerprint density at radius 3 is 2.68 bits per heavy atom. The number of carboxylic acids is 1. The van der Waals surface area contributed by atoms with Gasteiger partial charge in [-0.3, -0.25) is 9.59 Å². The van der Waals surface area contributed by atoms with Gasteiger partial charge in [-0.15, -0.1) is 11.8 Å². The Labute approximate surface area is 123 Å². The number of amides is 1. The smallest absolute Gasteiger partial charge is 0.313 e. The number of hydrogen-bond acceptors (Lipinski definition) is 5. The predicted molar refractivity (Wildman–Crippen MR) is 74.4 cm³/mol. The highest BCUT2D eigenvalue weighted by molar-refractivity contribution is 8.00. The van der Waals surface area contributed by atoms with Crippen LogP contribution in [0.15, 0.2) is 6.07 Å². The zero-order chi connectivity index (χ0) is 14.4. The first kappa shape index (κ1) is 15.9. The van der Waals surface area contributed by atoms with Gasteiger partial charge in [0.2, 0.25) is 11.8 Å². The van der Waals surface area contributed by atoms with Crippen molar-refractivity contribution in [1.29, 1.82) is 0 Å². The number of thioether (sulfide) groups is 1. The van der Waals surface area contributed by atoms with Crippen LogP contribution in [0.4, 0.5) is 5.82 Å². The van der Waals surface area contributed by atoms with Gasteiger partial charge in [0.1, 0.15) is 5.02 Å². The number of hydrogen-bond donors (Lipinski definition) is 2. The lowest BCUT2D eigenvalue weighted by atomic mass is 10.4. The molecule has 19 heavy (non-hydrogen) atoms. The number of carbonyl (C=O) groups is 2. The van der Waals surface area contributed by atoms with Gasteiger partial charge in [0.15, 0.2) is 5.82 Å². The van der Waals surface area contributed by atoms with Crippen molar-refractivity contribution in [3.63, 3.8) is 0 Å². The fourth-order valence-corrected chi connectivity index (χ4v) is 2.10. The average Bonchev–Trinajstić information content (AvgIpc) is 2.32. The second kappa shape index (κ2) is 7.42. The average molecular weight is 325 g/mol. The van der Waals surface area contributed by atoms with Crippen molar-refractivity contribution >= 4 is 52.7 Å². The molecule has 0 unspecified atom stereocenters. The number of halogens is 2. The van der Waals surface area contributed by atoms with E-state index < -0.39 is 11.9 Å². The van der Waals surface area contributed by atoms with Gasteiger partial charge in [-0.05, 0) is 6.07 Å². The molecule has 0 fully saturated rings. The van der Waals surface area contributed by atoms with Crippen LogP contribution in [0.3, 0.4) is 0 Å². The lowest BCUT2D eigenvalue weighted by molar-refractivity contribution is -0.133. The normalized spacial score (nSPS) is 10.1.